The Balaban J connectivity index is 4.55. The lowest BCUT2D eigenvalue weighted by molar-refractivity contribution is 0.373. The van der Waals surface area contributed by atoms with Crippen LogP contribution in [0.4, 0.5) is 0 Å². The Bertz CT molecular complexity index is 243. The van der Waals surface area contributed by atoms with E-state index in [4.69, 9.17) is 0 Å². The summed E-state index contributed by atoms with van der Waals surface area (Å²) in [5.41, 5.74) is 0. The second-order valence-corrected chi connectivity index (χ2v) is 9.38. The molecule has 0 spiro atoms. The molecule has 169 valence electrons. The Labute approximate surface area is 181 Å². The maximum Gasteiger partial charge on any atom is -0.0210 e. The summed E-state index contributed by atoms with van der Waals surface area (Å²) < 4.78 is 0. The first-order valence-corrected chi connectivity index (χ1v) is 13.6. The minimum absolute atomic E-state index is 0.950. The summed E-state index contributed by atoms with van der Waals surface area (Å²) in [5, 5.41) is 0. The quantitative estimate of drug-likeness (QED) is 0.151. The standard InChI is InChI=1S/C28H57/c1-5-9-13-17-21-25-28(26-22-18-14-10-6-2)27(23-19-15-11-7-3)24-20-16-12-8-4/h27H,5-26H2,1-4H3. The molecule has 1 radical (unpaired) electrons. The van der Waals surface area contributed by atoms with Crippen LogP contribution in [0.1, 0.15) is 169 Å². The highest BCUT2D eigenvalue weighted by Crippen LogP contribution is 2.35. The molecule has 0 amide bonds. The Hall–Kier alpha value is 0. The van der Waals surface area contributed by atoms with Crippen LogP contribution in [0.2, 0.25) is 0 Å². The van der Waals surface area contributed by atoms with Crippen LogP contribution in [-0.4, -0.2) is 0 Å². The van der Waals surface area contributed by atoms with Gasteiger partial charge >= 0.3 is 0 Å². The Kier molecular flexibility index (Phi) is 23.3. The predicted octanol–water partition coefficient (Wildman–Crippen LogP) is 10.8. The maximum atomic E-state index is 2.34. The summed E-state index contributed by atoms with van der Waals surface area (Å²) in [6.07, 6.45) is 31.7. The zero-order valence-corrected chi connectivity index (χ0v) is 20.6. The molecule has 0 aromatic heterocycles. The molecule has 0 heteroatoms. The molecule has 0 fully saturated rings. The molecule has 0 aromatic carbocycles. The zero-order valence-electron chi connectivity index (χ0n) is 20.6. The van der Waals surface area contributed by atoms with E-state index in [1.807, 2.05) is 5.92 Å². The third-order valence-corrected chi connectivity index (χ3v) is 6.59. The zero-order chi connectivity index (χ0) is 20.7. The van der Waals surface area contributed by atoms with E-state index in [2.05, 4.69) is 27.7 Å². The molecule has 0 rings (SSSR count). The third-order valence-electron chi connectivity index (χ3n) is 6.59. The van der Waals surface area contributed by atoms with Crippen LogP contribution in [0.5, 0.6) is 0 Å². The molecule has 0 aliphatic heterocycles. The fraction of sp³-hybridized carbons (Fsp3) is 0.964. The lowest BCUT2D eigenvalue weighted by Crippen LogP contribution is -2.14. The topological polar surface area (TPSA) is 0 Å². The average molecular weight is 394 g/mol. The summed E-state index contributed by atoms with van der Waals surface area (Å²) in [5.74, 6) is 2.94. The summed E-state index contributed by atoms with van der Waals surface area (Å²) in [6.45, 7) is 9.34. The highest BCUT2D eigenvalue weighted by Gasteiger charge is 2.21. The molecule has 0 unspecified atom stereocenters. The minimum atomic E-state index is 0.950. The highest BCUT2D eigenvalue weighted by atomic mass is 14.3. The average Bonchev–Trinajstić information content (AvgIpc) is 2.71. The highest BCUT2D eigenvalue weighted by molar-refractivity contribution is 4.96. The molecule has 0 N–H and O–H groups in total. The lowest BCUT2D eigenvalue weighted by Gasteiger charge is -2.27. The molecule has 0 nitrogen and oxygen atoms in total. The van der Waals surface area contributed by atoms with E-state index in [0.717, 1.165) is 5.92 Å². The molecule has 0 saturated carbocycles. The van der Waals surface area contributed by atoms with Gasteiger partial charge in [0.15, 0.2) is 0 Å². The first-order chi connectivity index (χ1) is 13.8. The molecule has 0 aliphatic carbocycles. The van der Waals surface area contributed by atoms with Crippen molar-refractivity contribution in [1.29, 1.82) is 0 Å². The van der Waals surface area contributed by atoms with Crippen molar-refractivity contribution < 1.29 is 0 Å². The Morgan fingerprint density at radius 2 is 0.714 bits per heavy atom. The van der Waals surface area contributed by atoms with Gasteiger partial charge in [0.25, 0.3) is 0 Å². The van der Waals surface area contributed by atoms with Crippen molar-refractivity contribution in [2.45, 2.75) is 169 Å². The van der Waals surface area contributed by atoms with E-state index in [9.17, 15) is 0 Å². The Morgan fingerprint density at radius 3 is 1.07 bits per heavy atom. The predicted molar refractivity (Wildman–Crippen MR) is 131 cm³/mol. The van der Waals surface area contributed by atoms with Crippen molar-refractivity contribution in [2.75, 3.05) is 0 Å². The number of hydrogen-bond acceptors (Lipinski definition) is 0. The second-order valence-electron chi connectivity index (χ2n) is 9.38. The molecular weight excluding hydrogens is 336 g/mol. The van der Waals surface area contributed by atoms with E-state index >= 15 is 0 Å². The van der Waals surface area contributed by atoms with Gasteiger partial charge in [-0.1, -0.05) is 143 Å². The molecular formula is C28H57. The smallest absolute Gasteiger partial charge is 0.0210 e. The lowest BCUT2D eigenvalue weighted by atomic mass is 9.78. The van der Waals surface area contributed by atoms with Crippen molar-refractivity contribution in [3.63, 3.8) is 0 Å². The van der Waals surface area contributed by atoms with Gasteiger partial charge in [0.1, 0.15) is 0 Å². The molecule has 0 aliphatic rings. The van der Waals surface area contributed by atoms with E-state index in [1.165, 1.54) is 141 Å². The van der Waals surface area contributed by atoms with Crippen molar-refractivity contribution in [3.8, 4) is 0 Å². The largest absolute Gasteiger partial charge is 0.0654 e. The van der Waals surface area contributed by atoms with Crippen LogP contribution < -0.4 is 0 Å². The SMILES string of the molecule is CCCCCCC[C](CCCCCCC)C(CCCCCC)CCCCCC. The van der Waals surface area contributed by atoms with Crippen LogP contribution in [0.3, 0.4) is 0 Å². The van der Waals surface area contributed by atoms with Gasteiger partial charge in [-0.05, 0) is 37.5 Å². The maximum absolute atomic E-state index is 2.34. The van der Waals surface area contributed by atoms with Gasteiger partial charge in [0.2, 0.25) is 0 Å². The van der Waals surface area contributed by atoms with E-state index < -0.39 is 0 Å². The summed E-state index contributed by atoms with van der Waals surface area (Å²) >= 11 is 0. The van der Waals surface area contributed by atoms with Gasteiger partial charge in [0.05, 0.1) is 0 Å². The Morgan fingerprint density at radius 1 is 0.393 bits per heavy atom. The fourth-order valence-corrected chi connectivity index (χ4v) is 4.63. The van der Waals surface area contributed by atoms with Gasteiger partial charge in [-0.15, -0.1) is 0 Å². The van der Waals surface area contributed by atoms with Crippen molar-refractivity contribution in [2.24, 2.45) is 5.92 Å². The van der Waals surface area contributed by atoms with Crippen LogP contribution in [0.15, 0.2) is 0 Å². The first-order valence-electron chi connectivity index (χ1n) is 13.6. The third kappa shape index (κ3) is 18.1. The summed E-state index contributed by atoms with van der Waals surface area (Å²) in [7, 11) is 0. The van der Waals surface area contributed by atoms with Crippen LogP contribution >= 0.6 is 0 Å². The van der Waals surface area contributed by atoms with E-state index in [1.54, 1.807) is 0 Å². The van der Waals surface area contributed by atoms with Gasteiger partial charge in [-0.3, -0.25) is 0 Å². The molecule has 0 saturated heterocycles. The van der Waals surface area contributed by atoms with Gasteiger partial charge < -0.3 is 0 Å². The minimum Gasteiger partial charge on any atom is -0.0654 e. The number of unbranched alkanes of at least 4 members (excludes halogenated alkanes) is 14. The van der Waals surface area contributed by atoms with Gasteiger partial charge in [-0.25, -0.2) is 0 Å². The normalized spacial score (nSPS) is 11.8. The molecule has 0 bridgehead atoms. The second kappa shape index (κ2) is 23.3. The van der Waals surface area contributed by atoms with Crippen LogP contribution in [-0.2, 0) is 0 Å². The molecule has 0 atom stereocenters. The van der Waals surface area contributed by atoms with E-state index in [0.29, 0.717) is 0 Å². The number of hydrogen-bond donors (Lipinski definition) is 0. The van der Waals surface area contributed by atoms with Crippen molar-refractivity contribution in [3.05, 3.63) is 5.92 Å². The molecule has 28 heavy (non-hydrogen) atoms. The summed E-state index contributed by atoms with van der Waals surface area (Å²) in [4.78, 5) is 0. The fourth-order valence-electron chi connectivity index (χ4n) is 4.63. The molecule has 0 heterocycles. The van der Waals surface area contributed by atoms with Crippen LogP contribution in [0.25, 0.3) is 0 Å². The van der Waals surface area contributed by atoms with E-state index in [-0.39, 0.29) is 0 Å². The summed E-state index contributed by atoms with van der Waals surface area (Å²) in [6, 6.07) is 0. The monoisotopic (exact) mass is 393 g/mol. The van der Waals surface area contributed by atoms with Gasteiger partial charge in [0, 0.05) is 0 Å². The van der Waals surface area contributed by atoms with Crippen molar-refractivity contribution >= 4 is 0 Å². The van der Waals surface area contributed by atoms with Crippen molar-refractivity contribution in [1.82, 2.24) is 0 Å². The van der Waals surface area contributed by atoms with Gasteiger partial charge in [-0.2, -0.15) is 0 Å². The molecule has 0 aromatic rings. The number of rotatable bonds is 23. The van der Waals surface area contributed by atoms with Crippen LogP contribution in [0, 0.1) is 11.8 Å². The first kappa shape index (κ1) is 28.0.